The number of nitrogens with one attached hydrogen (secondary N) is 1. The van der Waals surface area contributed by atoms with Gasteiger partial charge in [0.05, 0.1) is 16.8 Å². The van der Waals surface area contributed by atoms with E-state index in [9.17, 15) is 22.4 Å². The molecule has 1 N–H and O–H groups in total. The Morgan fingerprint density at radius 2 is 1.77 bits per heavy atom. The number of ether oxygens (including phenoxy) is 1. The van der Waals surface area contributed by atoms with Crippen LogP contribution in [0.15, 0.2) is 42.5 Å². The van der Waals surface area contributed by atoms with Gasteiger partial charge in [-0.3, -0.25) is 9.52 Å². The monoisotopic (exact) mass is 399 g/mol. The van der Waals surface area contributed by atoms with Crippen molar-refractivity contribution in [1.29, 1.82) is 0 Å². The zero-order valence-electron chi connectivity index (χ0n) is 13.8. The number of carbonyl (C=O) groups excluding carboxylic acids is 2. The maximum Gasteiger partial charge on any atom is 0.340 e. The zero-order valence-corrected chi connectivity index (χ0v) is 15.4. The lowest BCUT2D eigenvalue weighted by molar-refractivity contribution is 0.0319. The number of hydrogen-bond acceptors (Lipinski definition) is 5. The molecule has 0 saturated heterocycles. The van der Waals surface area contributed by atoms with E-state index in [4.69, 9.17) is 16.3 Å². The van der Waals surface area contributed by atoms with Crippen molar-refractivity contribution in [2.24, 2.45) is 0 Å². The molecule has 0 saturated carbocycles. The van der Waals surface area contributed by atoms with E-state index in [1.54, 1.807) is 0 Å². The van der Waals surface area contributed by atoms with E-state index in [2.05, 4.69) is 4.72 Å². The fourth-order valence-corrected chi connectivity index (χ4v) is 2.89. The first-order valence-corrected chi connectivity index (χ1v) is 9.62. The lowest BCUT2D eigenvalue weighted by Crippen LogP contribution is -2.24. The summed E-state index contributed by atoms with van der Waals surface area (Å²) in [6, 6.07) is 8.85. The number of anilines is 1. The maximum atomic E-state index is 13.0. The molecule has 0 fully saturated rings. The van der Waals surface area contributed by atoms with Crippen LogP contribution in [0.5, 0.6) is 0 Å². The third-order valence-electron chi connectivity index (χ3n) is 3.28. The molecule has 138 valence electrons. The zero-order chi connectivity index (χ0) is 19.5. The van der Waals surface area contributed by atoms with Crippen molar-refractivity contribution in [2.45, 2.75) is 13.0 Å². The van der Waals surface area contributed by atoms with Crippen molar-refractivity contribution >= 4 is 39.1 Å². The highest BCUT2D eigenvalue weighted by molar-refractivity contribution is 7.92. The Bertz CT molecular complexity index is 944. The van der Waals surface area contributed by atoms with Crippen molar-refractivity contribution in [1.82, 2.24) is 0 Å². The molecule has 6 nitrogen and oxygen atoms in total. The molecule has 0 amide bonds. The Morgan fingerprint density at radius 1 is 1.15 bits per heavy atom. The number of ketones is 1. The number of halogens is 2. The van der Waals surface area contributed by atoms with E-state index in [1.807, 2.05) is 0 Å². The third-order valence-corrected chi connectivity index (χ3v) is 4.20. The second-order valence-electron chi connectivity index (χ2n) is 5.49. The molecule has 0 heterocycles. The summed E-state index contributed by atoms with van der Waals surface area (Å²) < 4.78 is 42.7. The number of carbonyl (C=O) groups is 2. The van der Waals surface area contributed by atoms with Gasteiger partial charge in [0.15, 0.2) is 6.10 Å². The minimum atomic E-state index is -3.42. The quantitative estimate of drug-likeness (QED) is 0.594. The first-order valence-electron chi connectivity index (χ1n) is 7.35. The third kappa shape index (κ3) is 5.27. The van der Waals surface area contributed by atoms with Crippen LogP contribution in [-0.2, 0) is 14.8 Å². The molecule has 1 atom stereocenters. The predicted molar refractivity (Wildman–Crippen MR) is 95.5 cm³/mol. The second kappa shape index (κ2) is 7.84. The van der Waals surface area contributed by atoms with Crippen LogP contribution in [0.25, 0.3) is 0 Å². The van der Waals surface area contributed by atoms with Crippen molar-refractivity contribution in [3.05, 3.63) is 64.4 Å². The van der Waals surface area contributed by atoms with Gasteiger partial charge < -0.3 is 4.74 Å². The summed E-state index contributed by atoms with van der Waals surface area (Å²) in [4.78, 5) is 24.4. The Kier molecular flexibility index (Phi) is 5.99. The Balaban J connectivity index is 2.08. The highest BCUT2D eigenvalue weighted by atomic mass is 35.5. The number of Topliss-reactive ketones (excluding diaryl/α,β-unsaturated/α-hetero) is 1. The van der Waals surface area contributed by atoms with Gasteiger partial charge in [0, 0.05) is 11.3 Å². The molecule has 0 aliphatic heterocycles. The summed E-state index contributed by atoms with van der Waals surface area (Å²) in [6.45, 7) is 1.39. The number of sulfonamides is 1. The summed E-state index contributed by atoms with van der Waals surface area (Å²) in [5.41, 5.74) is 0.474. The van der Waals surface area contributed by atoms with Gasteiger partial charge in [-0.25, -0.2) is 17.6 Å². The van der Waals surface area contributed by atoms with Crippen LogP contribution in [0.1, 0.15) is 27.6 Å². The average Bonchev–Trinajstić information content (AvgIpc) is 2.53. The standard InChI is InChI=1S/C17H15ClFNO5S/c1-10(25-17(22)14-8-5-12(19)9-15(14)18)16(21)11-3-6-13(7-4-11)20-26(2,23)24/h3-10,20H,1-2H3/t10-/m0/s1. The van der Waals surface area contributed by atoms with E-state index in [0.29, 0.717) is 5.69 Å². The Hall–Kier alpha value is -2.45. The van der Waals surface area contributed by atoms with Gasteiger partial charge in [-0.1, -0.05) is 11.6 Å². The Labute approximate surface area is 155 Å². The van der Waals surface area contributed by atoms with E-state index < -0.39 is 33.7 Å². The molecule has 2 rings (SSSR count). The van der Waals surface area contributed by atoms with Gasteiger partial charge in [0.1, 0.15) is 5.82 Å². The fourth-order valence-electron chi connectivity index (χ4n) is 2.08. The first-order chi connectivity index (χ1) is 12.1. The molecule has 0 aliphatic carbocycles. The van der Waals surface area contributed by atoms with Gasteiger partial charge in [-0.05, 0) is 49.4 Å². The van der Waals surface area contributed by atoms with E-state index in [1.165, 1.54) is 37.3 Å². The second-order valence-corrected chi connectivity index (χ2v) is 7.64. The van der Waals surface area contributed by atoms with Crippen LogP contribution < -0.4 is 4.72 Å². The molecular formula is C17H15ClFNO5S. The number of hydrogen-bond donors (Lipinski definition) is 1. The molecule has 26 heavy (non-hydrogen) atoms. The molecule has 9 heteroatoms. The fraction of sp³-hybridized carbons (Fsp3) is 0.176. The minimum absolute atomic E-state index is 0.0552. The lowest BCUT2D eigenvalue weighted by Gasteiger charge is -2.13. The SMILES string of the molecule is C[C@H](OC(=O)c1ccc(F)cc1Cl)C(=O)c1ccc(NS(C)(=O)=O)cc1. The van der Waals surface area contributed by atoms with Crippen LogP contribution in [0.3, 0.4) is 0 Å². The molecule has 0 bridgehead atoms. The highest BCUT2D eigenvalue weighted by Gasteiger charge is 2.22. The molecule has 2 aromatic carbocycles. The first kappa shape index (κ1) is 19.9. The van der Waals surface area contributed by atoms with E-state index in [-0.39, 0.29) is 16.1 Å². The van der Waals surface area contributed by atoms with Gasteiger partial charge in [-0.15, -0.1) is 0 Å². The smallest absolute Gasteiger partial charge is 0.340 e. The molecule has 0 spiro atoms. The summed E-state index contributed by atoms with van der Waals surface area (Å²) in [5, 5.41) is -0.120. The molecule has 2 aromatic rings. The maximum absolute atomic E-state index is 13.0. The van der Waals surface area contributed by atoms with Crippen LogP contribution in [0.2, 0.25) is 5.02 Å². The van der Waals surface area contributed by atoms with Gasteiger partial charge >= 0.3 is 5.97 Å². The van der Waals surface area contributed by atoms with Crippen molar-refractivity contribution in [2.75, 3.05) is 11.0 Å². The normalized spacial score (nSPS) is 12.3. The van der Waals surface area contributed by atoms with Crippen molar-refractivity contribution in [3.63, 3.8) is 0 Å². The van der Waals surface area contributed by atoms with Crippen LogP contribution in [-0.4, -0.2) is 32.5 Å². The largest absolute Gasteiger partial charge is 0.451 e. The summed E-state index contributed by atoms with van der Waals surface area (Å²) in [5.74, 6) is -1.94. The lowest BCUT2D eigenvalue weighted by atomic mass is 10.1. The number of rotatable bonds is 6. The van der Waals surface area contributed by atoms with Crippen LogP contribution >= 0.6 is 11.6 Å². The molecule has 0 aliphatic rings. The molecule has 0 radical (unpaired) electrons. The van der Waals surface area contributed by atoms with Gasteiger partial charge in [0.2, 0.25) is 15.8 Å². The molecular weight excluding hydrogens is 385 g/mol. The van der Waals surface area contributed by atoms with Crippen LogP contribution in [0, 0.1) is 5.82 Å². The topological polar surface area (TPSA) is 89.5 Å². The minimum Gasteiger partial charge on any atom is -0.451 e. The summed E-state index contributed by atoms with van der Waals surface area (Å²) in [7, 11) is -3.42. The summed E-state index contributed by atoms with van der Waals surface area (Å²) in [6.07, 6.45) is -0.105. The van der Waals surface area contributed by atoms with Crippen molar-refractivity contribution in [3.8, 4) is 0 Å². The average molecular weight is 400 g/mol. The Morgan fingerprint density at radius 3 is 2.31 bits per heavy atom. The van der Waals surface area contributed by atoms with Gasteiger partial charge in [-0.2, -0.15) is 0 Å². The predicted octanol–water partition coefficient (Wildman–Crippen LogP) is 3.28. The van der Waals surface area contributed by atoms with Crippen LogP contribution in [0.4, 0.5) is 10.1 Å². The van der Waals surface area contributed by atoms with E-state index in [0.717, 1.165) is 18.4 Å². The van der Waals surface area contributed by atoms with Gasteiger partial charge in [0.25, 0.3) is 0 Å². The number of benzene rings is 2. The van der Waals surface area contributed by atoms with Crippen molar-refractivity contribution < 1.29 is 27.1 Å². The molecule has 0 aromatic heterocycles. The summed E-state index contributed by atoms with van der Waals surface area (Å²) >= 11 is 5.79. The molecule has 0 unspecified atom stereocenters. The van der Waals surface area contributed by atoms with E-state index >= 15 is 0 Å². The number of esters is 1. The highest BCUT2D eigenvalue weighted by Crippen LogP contribution is 2.20.